The molecule has 0 bridgehead atoms. The summed E-state index contributed by atoms with van der Waals surface area (Å²) in [6.07, 6.45) is 1.89. The summed E-state index contributed by atoms with van der Waals surface area (Å²) in [5.41, 5.74) is 0. The number of halogens is 2. The Morgan fingerprint density at radius 1 is 1.46 bits per heavy atom. The molecule has 2 aromatic rings. The van der Waals surface area contributed by atoms with E-state index in [1.54, 1.807) is 0 Å². The van der Waals surface area contributed by atoms with Gasteiger partial charge in [-0.2, -0.15) is 0 Å². The van der Waals surface area contributed by atoms with E-state index in [1.165, 1.54) is 23.1 Å². The van der Waals surface area contributed by atoms with E-state index in [0.717, 1.165) is 18.6 Å². The Morgan fingerprint density at radius 2 is 2.23 bits per heavy atom. The van der Waals surface area contributed by atoms with Crippen LogP contribution in [0.15, 0.2) is 22.4 Å². The van der Waals surface area contributed by atoms with Gasteiger partial charge in [-0.15, -0.1) is 23.1 Å². The fourth-order valence-electron chi connectivity index (χ4n) is 1.17. The molecule has 4 heteroatoms. The summed E-state index contributed by atoms with van der Waals surface area (Å²) in [7, 11) is 0. The number of thiophene rings is 1. The number of fused-ring (bicyclic) bond motifs is 1. The van der Waals surface area contributed by atoms with Crippen molar-refractivity contribution in [1.82, 2.24) is 0 Å². The van der Waals surface area contributed by atoms with Gasteiger partial charge in [0.15, 0.2) is 5.82 Å². The molecule has 0 aliphatic heterocycles. The minimum atomic E-state index is -0.0714. The smallest absolute Gasteiger partial charge is 0.154 e. The Kier molecular flexibility index (Phi) is 2.80. The van der Waals surface area contributed by atoms with E-state index in [-0.39, 0.29) is 5.82 Å². The van der Waals surface area contributed by atoms with Crippen molar-refractivity contribution in [2.24, 2.45) is 0 Å². The van der Waals surface area contributed by atoms with Crippen molar-refractivity contribution in [2.75, 3.05) is 6.26 Å². The molecule has 0 N–H and O–H groups in total. The summed E-state index contributed by atoms with van der Waals surface area (Å²) >= 11 is 5.15. The maximum absolute atomic E-state index is 13.7. The third-order valence-corrected chi connectivity index (χ3v) is 4.88. The van der Waals surface area contributed by atoms with E-state index >= 15 is 0 Å². The highest BCUT2D eigenvalue weighted by Crippen LogP contribution is 2.33. The Morgan fingerprint density at radius 3 is 2.92 bits per heavy atom. The van der Waals surface area contributed by atoms with Crippen molar-refractivity contribution in [2.45, 2.75) is 4.90 Å². The van der Waals surface area contributed by atoms with Crippen molar-refractivity contribution in [3.63, 3.8) is 0 Å². The summed E-state index contributed by atoms with van der Waals surface area (Å²) < 4.78 is 15.6. The van der Waals surface area contributed by atoms with Gasteiger partial charge in [0, 0.05) is 19.2 Å². The summed E-state index contributed by atoms with van der Waals surface area (Å²) in [5.74, 6) is -0.0714. The number of hydrogen-bond donors (Lipinski definition) is 0. The lowest BCUT2D eigenvalue weighted by Crippen LogP contribution is -1.79. The predicted molar refractivity (Wildman–Crippen MR) is 66.3 cm³/mol. The Labute approximate surface area is 97.7 Å². The maximum atomic E-state index is 13.7. The summed E-state index contributed by atoms with van der Waals surface area (Å²) in [6.45, 7) is 0. The summed E-state index contributed by atoms with van der Waals surface area (Å²) in [4.78, 5) is 0.728. The largest absolute Gasteiger partial charge is 0.204 e. The van der Waals surface area contributed by atoms with E-state index < -0.39 is 0 Å². The lowest BCUT2D eigenvalue weighted by molar-refractivity contribution is 0.617. The quantitative estimate of drug-likeness (QED) is 0.555. The topological polar surface area (TPSA) is 0 Å². The van der Waals surface area contributed by atoms with Crippen molar-refractivity contribution in [3.05, 3.63) is 26.9 Å². The zero-order chi connectivity index (χ0) is 9.42. The van der Waals surface area contributed by atoms with E-state index in [4.69, 9.17) is 0 Å². The average Bonchev–Trinajstić information content (AvgIpc) is 2.50. The van der Waals surface area contributed by atoms with Crippen LogP contribution >= 0.6 is 45.7 Å². The normalized spacial score (nSPS) is 11.0. The van der Waals surface area contributed by atoms with Crippen LogP contribution in [-0.4, -0.2) is 6.26 Å². The van der Waals surface area contributed by atoms with Crippen LogP contribution < -0.4 is 0 Å². The molecular weight excluding hydrogens is 318 g/mol. The van der Waals surface area contributed by atoms with E-state index in [0.29, 0.717) is 0 Å². The fraction of sp³-hybridized carbons (Fsp3) is 0.111. The van der Waals surface area contributed by atoms with E-state index in [9.17, 15) is 4.39 Å². The standard InChI is InChI=1S/C9H6FIS2/c1-12-7-3-2-5-6(11)4-13-9(5)8(7)10/h2-4H,1H3. The van der Waals surface area contributed by atoms with Crippen molar-refractivity contribution >= 4 is 55.8 Å². The molecule has 1 aromatic heterocycles. The fourth-order valence-corrected chi connectivity index (χ4v) is 3.60. The van der Waals surface area contributed by atoms with Crippen LogP contribution in [0.4, 0.5) is 4.39 Å². The molecule has 0 radical (unpaired) electrons. The molecule has 0 spiro atoms. The third-order valence-electron chi connectivity index (χ3n) is 1.82. The first-order valence-electron chi connectivity index (χ1n) is 3.63. The van der Waals surface area contributed by atoms with Crippen LogP contribution in [0, 0.1) is 9.39 Å². The van der Waals surface area contributed by atoms with Crippen molar-refractivity contribution in [3.8, 4) is 0 Å². The minimum absolute atomic E-state index is 0.0714. The van der Waals surface area contributed by atoms with Gasteiger partial charge in [-0.1, -0.05) is 6.07 Å². The highest BCUT2D eigenvalue weighted by Gasteiger charge is 2.09. The zero-order valence-corrected chi connectivity index (χ0v) is 10.6. The van der Waals surface area contributed by atoms with Gasteiger partial charge < -0.3 is 0 Å². The summed E-state index contributed by atoms with van der Waals surface area (Å²) in [6, 6.07) is 3.83. The van der Waals surface area contributed by atoms with Gasteiger partial charge in [0.2, 0.25) is 0 Å². The van der Waals surface area contributed by atoms with Gasteiger partial charge in [0.25, 0.3) is 0 Å². The maximum Gasteiger partial charge on any atom is 0.154 e. The van der Waals surface area contributed by atoms with Gasteiger partial charge in [-0.05, 0) is 34.9 Å². The van der Waals surface area contributed by atoms with Crippen LogP contribution in [0.25, 0.3) is 10.1 Å². The second-order valence-corrected chi connectivity index (χ2v) is 5.43. The Bertz CT molecular complexity index is 450. The first-order valence-corrected chi connectivity index (χ1v) is 6.81. The van der Waals surface area contributed by atoms with Crippen LogP contribution in [-0.2, 0) is 0 Å². The van der Waals surface area contributed by atoms with Crippen LogP contribution in [0.5, 0.6) is 0 Å². The molecule has 13 heavy (non-hydrogen) atoms. The first-order chi connectivity index (χ1) is 6.24. The van der Waals surface area contributed by atoms with Gasteiger partial charge in [0.1, 0.15) is 0 Å². The zero-order valence-electron chi connectivity index (χ0n) is 6.80. The molecule has 68 valence electrons. The van der Waals surface area contributed by atoms with Gasteiger partial charge in [0.05, 0.1) is 4.70 Å². The lowest BCUT2D eigenvalue weighted by Gasteiger charge is -1.99. The molecule has 0 saturated heterocycles. The predicted octanol–water partition coefficient (Wildman–Crippen LogP) is 4.37. The molecule has 0 atom stereocenters. The van der Waals surface area contributed by atoms with Crippen molar-refractivity contribution < 1.29 is 4.39 Å². The molecule has 2 rings (SSSR count). The highest BCUT2D eigenvalue weighted by atomic mass is 127. The number of hydrogen-bond acceptors (Lipinski definition) is 2. The highest BCUT2D eigenvalue weighted by molar-refractivity contribution is 14.1. The van der Waals surface area contributed by atoms with Crippen molar-refractivity contribution in [1.29, 1.82) is 0 Å². The molecule has 0 saturated carbocycles. The Balaban J connectivity index is 2.80. The van der Waals surface area contributed by atoms with Crippen LogP contribution in [0.1, 0.15) is 0 Å². The third kappa shape index (κ3) is 1.59. The van der Waals surface area contributed by atoms with Crippen LogP contribution in [0.3, 0.4) is 0 Å². The molecule has 0 aliphatic carbocycles. The molecule has 1 aromatic carbocycles. The first kappa shape index (κ1) is 9.73. The summed E-state index contributed by atoms with van der Waals surface area (Å²) in [5, 5.41) is 3.01. The number of benzene rings is 1. The SMILES string of the molecule is CSc1ccc2c(I)csc2c1F. The monoisotopic (exact) mass is 324 g/mol. The van der Waals surface area contributed by atoms with Gasteiger partial charge in [-0.3, -0.25) is 0 Å². The molecule has 0 fully saturated rings. The number of rotatable bonds is 1. The minimum Gasteiger partial charge on any atom is -0.204 e. The molecule has 0 amide bonds. The molecular formula is C9H6FIS2. The number of thioether (sulfide) groups is 1. The molecule has 1 heterocycles. The molecule has 0 aliphatic rings. The Hall–Kier alpha value is 0.190. The van der Waals surface area contributed by atoms with Crippen LogP contribution in [0.2, 0.25) is 0 Å². The van der Waals surface area contributed by atoms with E-state index in [2.05, 4.69) is 22.6 Å². The second kappa shape index (κ2) is 3.74. The average molecular weight is 324 g/mol. The second-order valence-electron chi connectivity index (χ2n) is 2.54. The van der Waals surface area contributed by atoms with Gasteiger partial charge >= 0.3 is 0 Å². The molecule has 0 nitrogen and oxygen atoms in total. The van der Waals surface area contributed by atoms with Gasteiger partial charge in [-0.25, -0.2) is 4.39 Å². The lowest BCUT2D eigenvalue weighted by atomic mass is 10.2. The van der Waals surface area contributed by atoms with E-state index in [1.807, 2.05) is 23.8 Å². The molecule has 0 unspecified atom stereocenters.